The third-order valence-corrected chi connectivity index (χ3v) is 4.21. The maximum Gasteiger partial charge on any atom is 0.188 e. The molecule has 7 heteroatoms. The number of nitrogen functional groups attached to an aromatic ring is 1. The second kappa shape index (κ2) is 4.99. The molecule has 0 unspecified atom stereocenters. The zero-order valence-corrected chi connectivity index (χ0v) is 12.4. The first-order valence-corrected chi connectivity index (χ1v) is 7.21. The van der Waals surface area contributed by atoms with Crippen LogP contribution in [0.4, 0.5) is 25.3 Å². The van der Waals surface area contributed by atoms with Crippen molar-refractivity contribution in [3.05, 3.63) is 46.4 Å². The Hall–Kier alpha value is -1.73. The van der Waals surface area contributed by atoms with Gasteiger partial charge in [-0.25, -0.2) is 13.8 Å². The van der Waals surface area contributed by atoms with Crippen molar-refractivity contribution in [2.45, 2.75) is 0 Å². The molecule has 0 aliphatic heterocycles. The van der Waals surface area contributed by atoms with Gasteiger partial charge in [-0.15, -0.1) is 0 Å². The van der Waals surface area contributed by atoms with Crippen molar-refractivity contribution in [3.63, 3.8) is 0 Å². The van der Waals surface area contributed by atoms with E-state index in [2.05, 4.69) is 26.2 Å². The smallest absolute Gasteiger partial charge is 0.188 e. The number of halogens is 3. The normalized spacial score (nSPS) is 10.9. The van der Waals surface area contributed by atoms with E-state index in [-0.39, 0.29) is 10.2 Å². The number of hydrogen-bond acceptors (Lipinski definition) is 4. The third-order valence-electron chi connectivity index (χ3n) is 2.66. The second-order valence-corrected chi connectivity index (χ2v) is 6.00. The highest BCUT2D eigenvalue weighted by molar-refractivity contribution is 9.10. The Labute approximate surface area is 125 Å². The molecule has 1 heterocycles. The van der Waals surface area contributed by atoms with Crippen LogP contribution in [0, 0.1) is 11.6 Å². The number of fused-ring (bicyclic) bond motifs is 1. The van der Waals surface area contributed by atoms with E-state index in [4.69, 9.17) is 5.73 Å². The van der Waals surface area contributed by atoms with Gasteiger partial charge in [0, 0.05) is 11.8 Å². The van der Waals surface area contributed by atoms with Gasteiger partial charge in [0.25, 0.3) is 0 Å². The summed E-state index contributed by atoms with van der Waals surface area (Å²) in [6.45, 7) is 0. The predicted octanol–water partition coefficient (Wildman–Crippen LogP) is 4.66. The summed E-state index contributed by atoms with van der Waals surface area (Å²) in [5, 5.41) is 3.36. The number of benzene rings is 2. The molecular weight excluding hydrogens is 348 g/mol. The minimum Gasteiger partial charge on any atom is -0.399 e. The Kier molecular flexibility index (Phi) is 3.31. The lowest BCUT2D eigenvalue weighted by molar-refractivity contribution is 0.581. The van der Waals surface area contributed by atoms with Crippen LogP contribution in [0.5, 0.6) is 0 Å². The molecular formula is C13H8BrF2N3S. The van der Waals surface area contributed by atoms with Crippen LogP contribution in [0.2, 0.25) is 0 Å². The molecule has 0 amide bonds. The zero-order chi connectivity index (χ0) is 14.3. The zero-order valence-electron chi connectivity index (χ0n) is 9.95. The molecule has 0 saturated heterocycles. The fourth-order valence-corrected chi connectivity index (χ4v) is 3.00. The fourth-order valence-electron chi connectivity index (χ4n) is 1.73. The molecule has 1 aromatic heterocycles. The van der Waals surface area contributed by atoms with E-state index in [9.17, 15) is 8.78 Å². The van der Waals surface area contributed by atoms with Gasteiger partial charge in [-0.2, -0.15) is 0 Å². The van der Waals surface area contributed by atoms with Gasteiger partial charge in [0.1, 0.15) is 11.6 Å². The van der Waals surface area contributed by atoms with Crippen molar-refractivity contribution in [3.8, 4) is 0 Å². The fraction of sp³-hybridized carbons (Fsp3) is 0. The second-order valence-electron chi connectivity index (χ2n) is 4.12. The Balaban J connectivity index is 1.99. The highest BCUT2D eigenvalue weighted by atomic mass is 79.9. The van der Waals surface area contributed by atoms with Crippen LogP contribution in [0.3, 0.4) is 0 Å². The molecule has 0 saturated carbocycles. The van der Waals surface area contributed by atoms with E-state index < -0.39 is 11.6 Å². The average molecular weight is 356 g/mol. The number of nitrogens with zero attached hydrogens (tertiary/aromatic N) is 1. The standard InChI is InChI=1S/C13H8BrF2N3S/c14-7-4-11(9(16)5-8(7)15)19-13-18-10-2-1-6(17)3-12(10)20-13/h1-5H,17H2,(H,18,19). The van der Waals surface area contributed by atoms with Crippen molar-refractivity contribution >= 4 is 54.0 Å². The Morgan fingerprint density at radius 1 is 1.15 bits per heavy atom. The maximum atomic E-state index is 13.7. The molecule has 0 aliphatic carbocycles. The molecule has 0 bridgehead atoms. The monoisotopic (exact) mass is 355 g/mol. The molecule has 3 aromatic rings. The van der Waals surface area contributed by atoms with E-state index in [1.54, 1.807) is 18.2 Å². The van der Waals surface area contributed by atoms with Crippen LogP contribution in [0.25, 0.3) is 10.2 Å². The summed E-state index contributed by atoms with van der Waals surface area (Å²) in [5.41, 5.74) is 7.27. The summed E-state index contributed by atoms with van der Waals surface area (Å²) in [6, 6.07) is 7.50. The number of hydrogen-bond donors (Lipinski definition) is 2. The summed E-state index contributed by atoms with van der Waals surface area (Å²) < 4.78 is 27.9. The van der Waals surface area contributed by atoms with E-state index in [1.807, 2.05) is 0 Å². The Bertz CT molecular complexity index is 804. The number of thiazole rings is 1. The molecule has 0 radical (unpaired) electrons. The predicted molar refractivity (Wildman–Crippen MR) is 81.4 cm³/mol. The molecule has 2 aromatic carbocycles. The van der Waals surface area contributed by atoms with Gasteiger partial charge in [-0.3, -0.25) is 0 Å². The minimum atomic E-state index is -0.676. The van der Waals surface area contributed by atoms with Crippen LogP contribution < -0.4 is 11.1 Å². The number of rotatable bonds is 2. The van der Waals surface area contributed by atoms with Gasteiger partial charge < -0.3 is 11.1 Å². The van der Waals surface area contributed by atoms with Gasteiger partial charge in [0.05, 0.1) is 20.4 Å². The molecule has 3 N–H and O–H groups in total. The van der Waals surface area contributed by atoms with E-state index >= 15 is 0 Å². The summed E-state index contributed by atoms with van der Waals surface area (Å²) >= 11 is 4.37. The molecule has 0 aliphatic rings. The van der Waals surface area contributed by atoms with Gasteiger partial charge in [0.2, 0.25) is 0 Å². The first kappa shape index (κ1) is 13.3. The highest BCUT2D eigenvalue weighted by Crippen LogP contribution is 2.32. The van der Waals surface area contributed by atoms with Crippen molar-refractivity contribution in [2.24, 2.45) is 0 Å². The van der Waals surface area contributed by atoms with Gasteiger partial charge >= 0.3 is 0 Å². The Morgan fingerprint density at radius 3 is 2.75 bits per heavy atom. The van der Waals surface area contributed by atoms with E-state index in [0.717, 1.165) is 16.3 Å². The SMILES string of the molecule is Nc1ccc2nc(Nc3cc(Br)c(F)cc3F)sc2c1. The lowest BCUT2D eigenvalue weighted by atomic mass is 10.3. The molecule has 0 atom stereocenters. The molecule has 102 valence electrons. The van der Waals surface area contributed by atoms with Crippen LogP contribution >= 0.6 is 27.3 Å². The summed E-state index contributed by atoms with van der Waals surface area (Å²) in [7, 11) is 0. The van der Waals surface area contributed by atoms with Crippen molar-refractivity contribution in [1.29, 1.82) is 0 Å². The number of nitrogens with two attached hydrogens (primary N) is 1. The van der Waals surface area contributed by atoms with Gasteiger partial charge in [0.15, 0.2) is 5.13 Å². The molecule has 0 fully saturated rings. The summed E-state index contributed by atoms with van der Waals surface area (Å²) in [6.07, 6.45) is 0. The van der Waals surface area contributed by atoms with E-state index in [1.165, 1.54) is 17.4 Å². The molecule has 3 rings (SSSR count). The summed E-state index contributed by atoms with van der Waals surface area (Å²) in [5.74, 6) is -1.32. The van der Waals surface area contributed by atoms with Crippen LogP contribution in [0.15, 0.2) is 34.8 Å². The van der Waals surface area contributed by atoms with Crippen LogP contribution in [0.1, 0.15) is 0 Å². The lowest BCUT2D eigenvalue weighted by Gasteiger charge is -2.05. The average Bonchev–Trinajstić information content (AvgIpc) is 2.77. The molecule has 3 nitrogen and oxygen atoms in total. The van der Waals surface area contributed by atoms with Crippen LogP contribution in [-0.2, 0) is 0 Å². The van der Waals surface area contributed by atoms with Crippen molar-refractivity contribution in [2.75, 3.05) is 11.1 Å². The van der Waals surface area contributed by atoms with Gasteiger partial charge in [-0.05, 0) is 40.2 Å². The quantitative estimate of drug-likeness (QED) is 0.519. The molecule has 0 spiro atoms. The topological polar surface area (TPSA) is 50.9 Å². The maximum absolute atomic E-state index is 13.7. The largest absolute Gasteiger partial charge is 0.399 e. The van der Waals surface area contributed by atoms with Crippen molar-refractivity contribution in [1.82, 2.24) is 4.98 Å². The molecule has 20 heavy (non-hydrogen) atoms. The number of nitrogens with one attached hydrogen (secondary N) is 1. The van der Waals surface area contributed by atoms with Crippen LogP contribution in [-0.4, -0.2) is 4.98 Å². The Morgan fingerprint density at radius 2 is 1.95 bits per heavy atom. The van der Waals surface area contributed by atoms with E-state index in [0.29, 0.717) is 10.8 Å². The summed E-state index contributed by atoms with van der Waals surface area (Å²) in [4.78, 5) is 4.32. The third kappa shape index (κ3) is 2.46. The highest BCUT2D eigenvalue weighted by Gasteiger charge is 2.11. The van der Waals surface area contributed by atoms with Gasteiger partial charge in [-0.1, -0.05) is 11.3 Å². The lowest BCUT2D eigenvalue weighted by Crippen LogP contribution is -1.94. The first-order valence-electron chi connectivity index (χ1n) is 5.60. The number of aromatic nitrogens is 1. The first-order chi connectivity index (χ1) is 9.52. The number of anilines is 3. The van der Waals surface area contributed by atoms with Crippen molar-refractivity contribution < 1.29 is 8.78 Å². The minimum absolute atomic E-state index is 0.158.